The van der Waals surface area contributed by atoms with Crippen molar-refractivity contribution in [1.29, 1.82) is 0 Å². The molecule has 22 nitrogen and oxygen atoms in total. The molecule has 4 aliphatic rings. The first-order valence-electron chi connectivity index (χ1n) is 19.4. The predicted molar refractivity (Wildman–Crippen MR) is 206 cm³/mol. The SMILES string of the molecule is O=C(/C=C/c1ccc(O)cc1)OC[C@H]1O[C@@H](OC2=Cc3c(cc(O)cc3O[C@@H]3O[C@H](CO)[C@@H](O)[C@H](O)[C@H]3O)OC2c2ccc(O)c(O)c2)[C@H](O[C@@H]2OC[C@H](O)[C@H](O)[C@@H]2O)[C@H](O)[C@@H]1O. The first-order chi connectivity index (χ1) is 30.0. The zero-order valence-electron chi connectivity index (χ0n) is 32.7. The molecule has 0 aliphatic carbocycles. The predicted octanol–water partition coefficient (Wildman–Crippen LogP) is -2.29. The smallest absolute Gasteiger partial charge is 0.330 e. The Balaban J connectivity index is 1.23. The molecular weight excluding hydrogens is 844 g/mol. The van der Waals surface area contributed by atoms with E-state index in [1.165, 1.54) is 42.5 Å². The van der Waals surface area contributed by atoms with Crippen LogP contribution in [0.5, 0.6) is 34.5 Å². The molecule has 0 bridgehead atoms. The molecule has 15 atom stereocenters. The second-order valence-corrected chi connectivity index (χ2v) is 15.0. The maximum Gasteiger partial charge on any atom is 0.330 e. The second-order valence-electron chi connectivity index (χ2n) is 15.0. The average Bonchev–Trinajstić information content (AvgIpc) is 3.26. The van der Waals surface area contributed by atoms with Crippen LogP contribution in [0.2, 0.25) is 0 Å². The third-order valence-corrected chi connectivity index (χ3v) is 10.6. The van der Waals surface area contributed by atoms with Gasteiger partial charge in [-0.2, -0.15) is 0 Å². The summed E-state index contributed by atoms with van der Waals surface area (Å²) in [7, 11) is 0. The summed E-state index contributed by atoms with van der Waals surface area (Å²) in [5, 5.41) is 136. The van der Waals surface area contributed by atoms with Gasteiger partial charge in [0.25, 0.3) is 0 Å². The van der Waals surface area contributed by atoms with Crippen LogP contribution >= 0.6 is 0 Å². The molecule has 3 fully saturated rings. The van der Waals surface area contributed by atoms with Crippen LogP contribution in [0.25, 0.3) is 12.2 Å². The van der Waals surface area contributed by atoms with Crippen molar-refractivity contribution in [3.63, 3.8) is 0 Å². The normalized spacial score (nSPS) is 34.4. The lowest BCUT2D eigenvalue weighted by molar-refractivity contribution is -0.352. The van der Waals surface area contributed by atoms with Crippen LogP contribution in [0.1, 0.15) is 22.8 Å². The Hall–Kier alpha value is -5.31. The van der Waals surface area contributed by atoms with Crippen LogP contribution in [-0.2, 0) is 33.2 Å². The topological polar surface area (TPSA) is 354 Å². The summed E-state index contributed by atoms with van der Waals surface area (Å²) in [6, 6.07) is 11.6. The van der Waals surface area contributed by atoms with E-state index in [4.69, 9.17) is 37.9 Å². The van der Waals surface area contributed by atoms with Crippen molar-refractivity contribution in [2.75, 3.05) is 19.8 Å². The molecule has 342 valence electrons. The number of carbonyl (C=O) groups excluding carboxylic acids is 1. The Labute approximate surface area is 356 Å². The van der Waals surface area contributed by atoms with E-state index >= 15 is 0 Å². The average molecular weight is 891 g/mol. The van der Waals surface area contributed by atoms with Gasteiger partial charge >= 0.3 is 5.97 Å². The fourth-order valence-electron chi connectivity index (χ4n) is 7.08. The van der Waals surface area contributed by atoms with Crippen LogP contribution in [0.15, 0.2) is 66.4 Å². The summed E-state index contributed by atoms with van der Waals surface area (Å²) in [6.07, 6.45) is -22.4. The Kier molecular flexibility index (Phi) is 13.9. The van der Waals surface area contributed by atoms with E-state index < -0.39 is 135 Å². The lowest BCUT2D eigenvalue weighted by Gasteiger charge is -2.45. The minimum atomic E-state index is -1.99. The van der Waals surface area contributed by atoms with Crippen LogP contribution in [0.4, 0.5) is 0 Å². The number of hydrogen-bond donors (Lipinski definition) is 13. The molecule has 0 aromatic heterocycles. The molecule has 1 unspecified atom stereocenters. The Morgan fingerprint density at radius 1 is 0.698 bits per heavy atom. The molecule has 3 aromatic rings. The van der Waals surface area contributed by atoms with E-state index in [1.807, 2.05) is 0 Å². The van der Waals surface area contributed by atoms with Crippen molar-refractivity contribution in [2.45, 2.75) is 92.1 Å². The van der Waals surface area contributed by atoms with Gasteiger partial charge in [-0.3, -0.25) is 0 Å². The van der Waals surface area contributed by atoms with Crippen LogP contribution in [-0.4, -0.2) is 178 Å². The largest absolute Gasteiger partial charge is 0.508 e. The number of benzene rings is 3. The van der Waals surface area contributed by atoms with Crippen molar-refractivity contribution >= 4 is 18.1 Å². The molecule has 7 rings (SSSR count). The fraction of sp³-hybridized carbons (Fsp3) is 0.439. The van der Waals surface area contributed by atoms with E-state index in [-0.39, 0.29) is 34.1 Å². The standard InChI is InChI=1S/C41H46O22/c42-13-27-31(50)33(52)36(55)40(61-27)59-25-11-19(44)10-24-20(25)12-26(37(58-24)17-4-7-21(45)22(46)9-17)60-41-38(63-39-35(54)30(49)23(47)14-57-39)34(53)32(51)28(62-41)15-56-29(48)8-3-16-1-5-18(43)6-2-16/h1-12,23,27-28,30-47,49-55H,13-15H2/b8-3+/t23-,27+,28+,30-,31+,32+,33-,34+,35-,36+,37?,38+,39-,40+,41+/m0/s1. The van der Waals surface area contributed by atoms with E-state index in [0.29, 0.717) is 5.56 Å². The van der Waals surface area contributed by atoms with Crippen molar-refractivity contribution in [3.05, 3.63) is 83.1 Å². The zero-order valence-corrected chi connectivity index (χ0v) is 32.7. The molecule has 0 saturated carbocycles. The fourth-order valence-corrected chi connectivity index (χ4v) is 7.08. The molecule has 3 saturated heterocycles. The number of aliphatic hydroxyl groups is 9. The van der Waals surface area contributed by atoms with Gasteiger partial charge in [0, 0.05) is 23.8 Å². The number of aliphatic hydroxyl groups excluding tert-OH is 9. The molecule has 22 heteroatoms. The van der Waals surface area contributed by atoms with Gasteiger partial charge in [0.05, 0.1) is 18.8 Å². The highest BCUT2D eigenvalue weighted by Crippen LogP contribution is 2.47. The number of carbonyl (C=O) groups is 1. The summed E-state index contributed by atoms with van der Waals surface area (Å²) in [5.74, 6) is -3.14. The van der Waals surface area contributed by atoms with Crippen LogP contribution < -0.4 is 9.47 Å². The lowest BCUT2D eigenvalue weighted by atomic mass is 9.97. The van der Waals surface area contributed by atoms with Gasteiger partial charge in [-0.25, -0.2) is 4.79 Å². The highest BCUT2D eigenvalue weighted by molar-refractivity contribution is 5.87. The summed E-state index contributed by atoms with van der Waals surface area (Å²) in [5.41, 5.74) is 0.595. The van der Waals surface area contributed by atoms with Crippen LogP contribution in [0, 0.1) is 0 Å². The van der Waals surface area contributed by atoms with Gasteiger partial charge in [0.2, 0.25) is 12.6 Å². The molecule has 0 spiro atoms. The highest BCUT2D eigenvalue weighted by atomic mass is 16.8. The Morgan fingerprint density at radius 3 is 2.11 bits per heavy atom. The summed E-state index contributed by atoms with van der Waals surface area (Å²) in [4.78, 5) is 12.7. The monoisotopic (exact) mass is 890 g/mol. The lowest BCUT2D eigenvalue weighted by Crippen LogP contribution is -2.63. The number of phenols is 4. The molecular formula is C41H46O22. The van der Waals surface area contributed by atoms with Gasteiger partial charge in [-0.1, -0.05) is 18.2 Å². The number of fused-ring (bicyclic) bond motifs is 1. The van der Waals surface area contributed by atoms with Gasteiger partial charge in [0.15, 0.2) is 30.0 Å². The quantitative estimate of drug-likeness (QED) is 0.0517. The third kappa shape index (κ3) is 9.93. The van der Waals surface area contributed by atoms with E-state index in [0.717, 1.165) is 30.3 Å². The third-order valence-electron chi connectivity index (χ3n) is 10.6. The minimum Gasteiger partial charge on any atom is -0.508 e. The molecule has 4 heterocycles. The number of phenolic OH excluding ortho intramolecular Hbond substituents is 4. The Morgan fingerprint density at radius 2 is 1.40 bits per heavy atom. The van der Waals surface area contributed by atoms with Crippen molar-refractivity contribution in [1.82, 2.24) is 0 Å². The van der Waals surface area contributed by atoms with Gasteiger partial charge in [-0.15, -0.1) is 0 Å². The number of rotatable bonds is 12. The maximum absolute atomic E-state index is 12.7. The van der Waals surface area contributed by atoms with Gasteiger partial charge < -0.3 is 104 Å². The van der Waals surface area contributed by atoms with Crippen molar-refractivity contribution < 1.29 is 109 Å². The molecule has 13 N–H and O–H groups in total. The van der Waals surface area contributed by atoms with E-state index in [1.54, 1.807) is 0 Å². The molecule has 4 aliphatic heterocycles. The summed E-state index contributed by atoms with van der Waals surface area (Å²) >= 11 is 0. The van der Waals surface area contributed by atoms with Gasteiger partial charge in [-0.05, 0) is 42.0 Å². The van der Waals surface area contributed by atoms with E-state index in [2.05, 4.69) is 0 Å². The first kappa shape index (κ1) is 45.7. The Bertz CT molecular complexity index is 2130. The summed E-state index contributed by atoms with van der Waals surface area (Å²) < 4.78 is 46.6. The number of hydrogen-bond acceptors (Lipinski definition) is 22. The summed E-state index contributed by atoms with van der Waals surface area (Å²) in [6.45, 7) is -2.00. The van der Waals surface area contributed by atoms with Crippen molar-refractivity contribution in [2.24, 2.45) is 0 Å². The number of aromatic hydroxyl groups is 4. The number of ether oxygens (including phenoxy) is 8. The molecule has 63 heavy (non-hydrogen) atoms. The molecule has 0 amide bonds. The number of esters is 1. The van der Waals surface area contributed by atoms with E-state index in [9.17, 15) is 71.2 Å². The first-order valence-corrected chi connectivity index (χ1v) is 19.4. The van der Waals surface area contributed by atoms with Crippen molar-refractivity contribution in [3.8, 4) is 34.5 Å². The van der Waals surface area contributed by atoms with Crippen LogP contribution in [0.3, 0.4) is 0 Å². The van der Waals surface area contributed by atoms with Gasteiger partial charge in [0.1, 0.15) is 96.4 Å². The zero-order chi connectivity index (χ0) is 45.3. The molecule has 3 aromatic carbocycles. The minimum absolute atomic E-state index is 0.00236. The second kappa shape index (κ2) is 19.2. The molecule has 0 radical (unpaired) electrons. The highest BCUT2D eigenvalue weighted by Gasteiger charge is 2.51. The maximum atomic E-state index is 12.7.